The number of hydrogen-bond acceptors (Lipinski definition) is 2. The highest BCUT2D eigenvalue weighted by atomic mass is 15.0. The van der Waals surface area contributed by atoms with Crippen molar-refractivity contribution in [1.82, 2.24) is 0 Å². The maximum absolute atomic E-state index is 3.92. The van der Waals surface area contributed by atoms with Gasteiger partial charge in [0.15, 0.2) is 5.69 Å². The van der Waals surface area contributed by atoms with Gasteiger partial charge in [-0.1, -0.05) is 0 Å². The Morgan fingerprint density at radius 2 is 2.36 bits per heavy atom. The molecule has 0 fully saturated rings. The Labute approximate surface area is 64.5 Å². The molecule has 0 saturated carbocycles. The quantitative estimate of drug-likeness (QED) is 0.607. The first-order valence-electron chi connectivity index (χ1n) is 3.46. The molecular weight excluding hydrogens is 138 g/mol. The third kappa shape index (κ3) is 0.914. The van der Waals surface area contributed by atoms with E-state index in [1.54, 1.807) is 6.21 Å². The molecule has 1 aromatic carbocycles. The molecule has 1 aromatic rings. The van der Waals surface area contributed by atoms with Crippen LogP contribution < -0.4 is 5.32 Å². The Morgan fingerprint density at radius 3 is 3.18 bits per heavy atom. The number of nitrogens with one attached hydrogen (secondary N) is 1. The van der Waals surface area contributed by atoms with Crippen LogP contribution in [0.4, 0.5) is 11.4 Å². The summed E-state index contributed by atoms with van der Waals surface area (Å²) in [5, 5.41) is 6.97. The van der Waals surface area contributed by atoms with Gasteiger partial charge in [-0.2, -0.15) is 0 Å². The zero-order chi connectivity index (χ0) is 7.68. The van der Waals surface area contributed by atoms with E-state index in [0.29, 0.717) is 0 Å². The molecule has 0 aromatic heterocycles. The second kappa shape index (κ2) is 2.22. The summed E-state index contributed by atoms with van der Waals surface area (Å²) < 4.78 is 0. The summed E-state index contributed by atoms with van der Waals surface area (Å²) in [6.45, 7) is 0. The molecule has 0 bridgehead atoms. The van der Waals surface area contributed by atoms with E-state index in [1.165, 1.54) is 0 Å². The number of fused-ring (bicyclic) bond motifs is 1. The molecule has 1 aliphatic heterocycles. The molecule has 3 heteroatoms. The van der Waals surface area contributed by atoms with E-state index in [0.717, 1.165) is 16.9 Å². The van der Waals surface area contributed by atoms with Gasteiger partial charge in [-0.3, -0.25) is 0 Å². The molecule has 3 nitrogen and oxygen atoms in total. The smallest absolute Gasteiger partial charge is 0.340 e. The van der Waals surface area contributed by atoms with Crippen molar-refractivity contribution in [2.45, 2.75) is 0 Å². The van der Waals surface area contributed by atoms with E-state index >= 15 is 0 Å². The molecule has 0 atom stereocenters. The van der Waals surface area contributed by atoms with E-state index < -0.39 is 0 Å². The van der Waals surface area contributed by atoms with Gasteiger partial charge in [-0.15, -0.1) is 0 Å². The summed E-state index contributed by atoms with van der Waals surface area (Å²) in [6, 6.07) is 5.96. The van der Waals surface area contributed by atoms with Crippen LogP contribution in [0, 0.1) is 0 Å². The van der Waals surface area contributed by atoms with Gasteiger partial charge in [0, 0.05) is 12.7 Å². The highest BCUT2D eigenvalue weighted by Crippen LogP contribution is 2.22. The fraction of sp³-hybridized carbons (Fsp3) is 0.125. The van der Waals surface area contributed by atoms with Crippen molar-refractivity contribution < 1.29 is 4.79 Å². The van der Waals surface area contributed by atoms with Crippen molar-refractivity contribution in [3.05, 3.63) is 23.8 Å². The predicted octanol–water partition coefficient (Wildman–Crippen LogP) is 1.45. The second-order valence-electron chi connectivity index (χ2n) is 2.37. The minimum atomic E-state index is 0.948. The molecular formula is C8H8N3+. The highest BCUT2D eigenvalue weighted by molar-refractivity contribution is 5.86. The first kappa shape index (κ1) is 6.13. The molecule has 1 aliphatic rings. The lowest BCUT2D eigenvalue weighted by atomic mass is 10.2. The summed E-state index contributed by atoms with van der Waals surface area (Å²) in [4.78, 5) is 3.80. The molecule has 0 saturated heterocycles. The van der Waals surface area contributed by atoms with Crippen LogP contribution >= 0.6 is 0 Å². The van der Waals surface area contributed by atoms with Crippen LogP contribution in [0.1, 0.15) is 5.56 Å². The van der Waals surface area contributed by atoms with Crippen molar-refractivity contribution in [2.24, 2.45) is 5.11 Å². The lowest BCUT2D eigenvalue weighted by Gasteiger charge is -1.97. The van der Waals surface area contributed by atoms with Gasteiger partial charge in [-0.25, -0.2) is 0 Å². The average Bonchev–Trinajstić information content (AvgIpc) is 2.50. The third-order valence-corrected chi connectivity index (χ3v) is 1.68. The number of anilines is 1. The lowest BCUT2D eigenvalue weighted by molar-refractivity contribution is -0.0634. The fourth-order valence-corrected chi connectivity index (χ4v) is 1.06. The normalized spacial score (nSPS) is 11.7. The van der Waals surface area contributed by atoms with Crippen LogP contribution in [-0.2, 0) is 0 Å². The van der Waals surface area contributed by atoms with E-state index in [1.807, 2.05) is 25.2 Å². The Hall–Kier alpha value is -1.60. The SMILES string of the molecule is CNc1ccc2c(c1)C=[N+]=N2. The lowest BCUT2D eigenvalue weighted by Crippen LogP contribution is -1.88. The zero-order valence-corrected chi connectivity index (χ0v) is 6.20. The van der Waals surface area contributed by atoms with Crippen LogP contribution in [0.3, 0.4) is 0 Å². The molecule has 0 spiro atoms. The van der Waals surface area contributed by atoms with Crippen molar-refractivity contribution in [3.8, 4) is 0 Å². The Morgan fingerprint density at radius 1 is 1.45 bits per heavy atom. The molecule has 54 valence electrons. The summed E-state index contributed by atoms with van der Waals surface area (Å²) in [7, 11) is 1.89. The molecule has 0 unspecified atom stereocenters. The number of benzene rings is 1. The average molecular weight is 146 g/mol. The maximum atomic E-state index is 3.92. The van der Waals surface area contributed by atoms with Crippen LogP contribution in [0.15, 0.2) is 23.3 Å². The van der Waals surface area contributed by atoms with Gasteiger partial charge in [0.1, 0.15) is 5.11 Å². The van der Waals surface area contributed by atoms with Crippen molar-refractivity contribution in [1.29, 1.82) is 0 Å². The van der Waals surface area contributed by atoms with Gasteiger partial charge >= 0.3 is 6.21 Å². The van der Waals surface area contributed by atoms with Crippen LogP contribution in [-0.4, -0.2) is 18.1 Å². The minimum Gasteiger partial charge on any atom is -0.388 e. The van der Waals surface area contributed by atoms with Crippen LogP contribution in [0.5, 0.6) is 0 Å². The number of nitrogens with zero attached hydrogens (tertiary/aromatic N) is 2. The van der Waals surface area contributed by atoms with Gasteiger partial charge in [0.2, 0.25) is 0 Å². The largest absolute Gasteiger partial charge is 0.388 e. The Kier molecular flexibility index (Phi) is 1.24. The number of rotatable bonds is 1. The van der Waals surface area contributed by atoms with E-state index in [-0.39, 0.29) is 0 Å². The van der Waals surface area contributed by atoms with Crippen molar-refractivity contribution >= 4 is 17.6 Å². The summed E-state index contributed by atoms with van der Waals surface area (Å²) >= 11 is 0. The molecule has 0 radical (unpaired) electrons. The van der Waals surface area contributed by atoms with Gasteiger partial charge < -0.3 is 5.32 Å². The Bertz CT molecular complexity index is 348. The van der Waals surface area contributed by atoms with E-state index in [9.17, 15) is 0 Å². The Balaban J connectivity index is 2.52. The van der Waals surface area contributed by atoms with Crippen LogP contribution in [0.25, 0.3) is 0 Å². The number of hydrogen-bond donors (Lipinski definition) is 1. The molecule has 11 heavy (non-hydrogen) atoms. The van der Waals surface area contributed by atoms with Crippen LogP contribution in [0.2, 0.25) is 0 Å². The minimum absolute atomic E-state index is 0.948. The predicted molar refractivity (Wildman–Crippen MR) is 43.5 cm³/mol. The fourth-order valence-electron chi connectivity index (χ4n) is 1.06. The van der Waals surface area contributed by atoms with Gasteiger partial charge in [0.25, 0.3) is 0 Å². The molecule has 1 heterocycles. The summed E-state index contributed by atoms with van der Waals surface area (Å²) in [5.74, 6) is 0. The molecule has 2 rings (SSSR count). The first-order valence-corrected chi connectivity index (χ1v) is 3.46. The van der Waals surface area contributed by atoms with Crippen molar-refractivity contribution in [3.63, 3.8) is 0 Å². The zero-order valence-electron chi connectivity index (χ0n) is 6.20. The topological polar surface area (TPSA) is 38.5 Å². The second-order valence-corrected chi connectivity index (χ2v) is 2.37. The van der Waals surface area contributed by atoms with Gasteiger partial charge in [0.05, 0.1) is 10.4 Å². The monoisotopic (exact) mass is 146 g/mol. The standard InChI is InChI=1S/C8H7N3/c1-9-7-2-3-8-6(4-7)5-10-11-8/h2-5H,1H3/p+1. The highest BCUT2D eigenvalue weighted by Gasteiger charge is 2.12. The summed E-state index contributed by atoms with van der Waals surface area (Å²) in [6.07, 6.45) is 1.76. The maximum Gasteiger partial charge on any atom is 0.340 e. The van der Waals surface area contributed by atoms with Crippen molar-refractivity contribution in [2.75, 3.05) is 12.4 Å². The third-order valence-electron chi connectivity index (χ3n) is 1.68. The van der Waals surface area contributed by atoms with E-state index in [2.05, 4.69) is 15.2 Å². The summed E-state index contributed by atoms with van der Waals surface area (Å²) in [5.41, 5.74) is 3.12. The molecule has 0 amide bonds. The molecule has 0 aliphatic carbocycles. The van der Waals surface area contributed by atoms with Gasteiger partial charge in [-0.05, 0) is 18.2 Å². The molecule has 1 N–H and O–H groups in total. The van der Waals surface area contributed by atoms with E-state index in [4.69, 9.17) is 0 Å². The first-order chi connectivity index (χ1) is 5.40.